The Hall–Kier alpha value is -0.0900. The molecule has 1 saturated carbocycles. The van der Waals surface area contributed by atoms with Crippen molar-refractivity contribution in [2.24, 2.45) is 23.5 Å². The molecule has 1 aromatic rings. The van der Waals surface area contributed by atoms with E-state index >= 15 is 0 Å². The predicted octanol–water partition coefficient (Wildman–Crippen LogP) is 4.63. The summed E-state index contributed by atoms with van der Waals surface area (Å²) >= 11 is 2.37. The fourth-order valence-electron chi connectivity index (χ4n) is 3.58. The van der Waals surface area contributed by atoms with E-state index in [0.29, 0.717) is 0 Å². The molecular formula is C17H26IN. The van der Waals surface area contributed by atoms with Crippen molar-refractivity contribution in [2.45, 2.75) is 45.4 Å². The van der Waals surface area contributed by atoms with Crippen molar-refractivity contribution in [3.05, 3.63) is 33.4 Å². The fraction of sp³-hybridized carbons (Fsp3) is 0.647. The largest absolute Gasteiger partial charge is 0.330 e. The molecular weight excluding hydrogens is 345 g/mol. The molecule has 19 heavy (non-hydrogen) atoms. The third-order valence-electron chi connectivity index (χ3n) is 4.66. The summed E-state index contributed by atoms with van der Waals surface area (Å²) in [6, 6.07) is 9.02. The summed E-state index contributed by atoms with van der Waals surface area (Å²) in [6.07, 6.45) is 8.09. The SMILES string of the molecule is CCCC1CCC(CN)C(Cc2ccc(I)cc2)C1. The molecule has 0 bridgehead atoms. The molecule has 0 spiro atoms. The van der Waals surface area contributed by atoms with Gasteiger partial charge in [-0.1, -0.05) is 38.3 Å². The number of rotatable bonds is 5. The summed E-state index contributed by atoms with van der Waals surface area (Å²) in [4.78, 5) is 0. The van der Waals surface area contributed by atoms with Crippen LogP contribution in [0.1, 0.15) is 44.6 Å². The minimum Gasteiger partial charge on any atom is -0.330 e. The zero-order valence-electron chi connectivity index (χ0n) is 11.9. The van der Waals surface area contributed by atoms with Gasteiger partial charge < -0.3 is 5.73 Å². The highest BCUT2D eigenvalue weighted by Crippen LogP contribution is 2.37. The normalized spacial score (nSPS) is 27.4. The van der Waals surface area contributed by atoms with Crippen LogP contribution >= 0.6 is 22.6 Å². The molecule has 2 N–H and O–H groups in total. The van der Waals surface area contributed by atoms with Gasteiger partial charge in [0.25, 0.3) is 0 Å². The third-order valence-corrected chi connectivity index (χ3v) is 5.38. The summed E-state index contributed by atoms with van der Waals surface area (Å²) in [5.74, 6) is 2.49. The zero-order chi connectivity index (χ0) is 13.7. The van der Waals surface area contributed by atoms with Crippen molar-refractivity contribution in [3.63, 3.8) is 0 Å². The molecule has 0 heterocycles. The standard InChI is InChI=1S/C17H26IN/c1-2-3-13-4-7-15(12-19)16(10-13)11-14-5-8-17(18)9-6-14/h5-6,8-9,13,15-16H,2-4,7,10-12,19H2,1H3. The maximum atomic E-state index is 5.99. The van der Waals surface area contributed by atoms with Gasteiger partial charge in [0.2, 0.25) is 0 Å². The van der Waals surface area contributed by atoms with Crippen molar-refractivity contribution < 1.29 is 0 Å². The molecule has 0 radical (unpaired) electrons. The van der Waals surface area contributed by atoms with Crippen LogP contribution in [0.3, 0.4) is 0 Å². The first-order chi connectivity index (χ1) is 9.22. The minimum atomic E-state index is 0.743. The highest BCUT2D eigenvalue weighted by Gasteiger charge is 2.29. The maximum Gasteiger partial charge on any atom is 0.0130 e. The molecule has 1 aromatic carbocycles. The number of nitrogens with two attached hydrogens (primary N) is 1. The van der Waals surface area contributed by atoms with Gasteiger partial charge in [0.15, 0.2) is 0 Å². The van der Waals surface area contributed by atoms with Crippen LogP contribution < -0.4 is 5.73 Å². The second-order valence-electron chi connectivity index (χ2n) is 6.05. The van der Waals surface area contributed by atoms with Gasteiger partial charge in [0.05, 0.1) is 0 Å². The van der Waals surface area contributed by atoms with Gasteiger partial charge in [-0.05, 0) is 83.8 Å². The maximum absolute atomic E-state index is 5.99. The molecule has 3 unspecified atom stereocenters. The molecule has 3 atom stereocenters. The topological polar surface area (TPSA) is 26.0 Å². The van der Waals surface area contributed by atoms with Gasteiger partial charge in [-0.3, -0.25) is 0 Å². The second-order valence-corrected chi connectivity index (χ2v) is 7.30. The predicted molar refractivity (Wildman–Crippen MR) is 91.1 cm³/mol. The van der Waals surface area contributed by atoms with Crippen LogP contribution in [0.4, 0.5) is 0 Å². The Morgan fingerprint density at radius 3 is 2.53 bits per heavy atom. The lowest BCUT2D eigenvalue weighted by Gasteiger charge is -2.36. The Bertz CT molecular complexity index is 373. The molecule has 1 aliphatic rings. The second kappa shape index (κ2) is 7.63. The Labute approximate surface area is 131 Å². The Morgan fingerprint density at radius 2 is 1.89 bits per heavy atom. The molecule has 2 rings (SSSR count). The Kier molecular flexibility index (Phi) is 6.14. The molecule has 0 aliphatic heterocycles. The van der Waals surface area contributed by atoms with Crippen LogP contribution in [0.5, 0.6) is 0 Å². The van der Waals surface area contributed by atoms with Crippen LogP contribution in [0.25, 0.3) is 0 Å². The van der Waals surface area contributed by atoms with Crippen LogP contribution in [0.2, 0.25) is 0 Å². The lowest BCUT2D eigenvalue weighted by molar-refractivity contribution is 0.175. The first-order valence-electron chi connectivity index (χ1n) is 7.67. The van der Waals surface area contributed by atoms with Gasteiger partial charge in [0, 0.05) is 3.57 Å². The van der Waals surface area contributed by atoms with Crippen LogP contribution in [0, 0.1) is 21.3 Å². The molecule has 1 aliphatic carbocycles. The quantitative estimate of drug-likeness (QED) is 0.751. The molecule has 1 fully saturated rings. The molecule has 2 heteroatoms. The Morgan fingerprint density at radius 1 is 1.16 bits per heavy atom. The summed E-state index contributed by atoms with van der Waals surface area (Å²) in [5.41, 5.74) is 7.48. The van der Waals surface area contributed by atoms with Crippen molar-refractivity contribution in [3.8, 4) is 0 Å². The van der Waals surface area contributed by atoms with Crippen molar-refractivity contribution in [1.82, 2.24) is 0 Å². The minimum absolute atomic E-state index is 0.743. The first kappa shape index (κ1) is 15.3. The summed E-state index contributed by atoms with van der Waals surface area (Å²) in [7, 11) is 0. The van der Waals surface area contributed by atoms with Gasteiger partial charge in [-0.25, -0.2) is 0 Å². The molecule has 1 nitrogen and oxygen atoms in total. The highest BCUT2D eigenvalue weighted by molar-refractivity contribution is 14.1. The lowest BCUT2D eigenvalue weighted by Crippen LogP contribution is -2.31. The zero-order valence-corrected chi connectivity index (χ0v) is 14.1. The van der Waals surface area contributed by atoms with Gasteiger partial charge >= 0.3 is 0 Å². The van der Waals surface area contributed by atoms with Crippen molar-refractivity contribution in [2.75, 3.05) is 6.54 Å². The van der Waals surface area contributed by atoms with E-state index in [1.165, 1.54) is 47.7 Å². The molecule has 0 saturated heterocycles. The summed E-state index contributed by atoms with van der Waals surface area (Å²) in [5, 5.41) is 0. The molecule has 0 aromatic heterocycles. The average Bonchev–Trinajstić information content (AvgIpc) is 2.42. The van der Waals surface area contributed by atoms with Crippen molar-refractivity contribution >= 4 is 22.6 Å². The number of hydrogen-bond donors (Lipinski definition) is 1. The molecule has 106 valence electrons. The van der Waals surface area contributed by atoms with Gasteiger partial charge in [0.1, 0.15) is 0 Å². The lowest BCUT2D eigenvalue weighted by atomic mass is 9.70. The van der Waals surface area contributed by atoms with Crippen LogP contribution in [0.15, 0.2) is 24.3 Å². The number of hydrogen-bond acceptors (Lipinski definition) is 1. The first-order valence-corrected chi connectivity index (χ1v) is 8.75. The number of benzene rings is 1. The average molecular weight is 371 g/mol. The van der Waals surface area contributed by atoms with Crippen molar-refractivity contribution in [1.29, 1.82) is 0 Å². The summed E-state index contributed by atoms with van der Waals surface area (Å²) in [6.45, 7) is 3.18. The number of halogens is 1. The van der Waals surface area contributed by atoms with E-state index in [9.17, 15) is 0 Å². The van der Waals surface area contributed by atoms with E-state index in [0.717, 1.165) is 24.3 Å². The van der Waals surface area contributed by atoms with E-state index < -0.39 is 0 Å². The van der Waals surface area contributed by atoms with Crippen LogP contribution in [-0.4, -0.2) is 6.54 Å². The van der Waals surface area contributed by atoms with E-state index in [2.05, 4.69) is 53.8 Å². The fourth-order valence-corrected chi connectivity index (χ4v) is 3.94. The van der Waals surface area contributed by atoms with Crippen LogP contribution in [-0.2, 0) is 6.42 Å². The van der Waals surface area contributed by atoms with E-state index in [1.807, 2.05) is 0 Å². The van der Waals surface area contributed by atoms with E-state index in [4.69, 9.17) is 5.73 Å². The smallest absolute Gasteiger partial charge is 0.0130 e. The molecule has 0 amide bonds. The summed E-state index contributed by atoms with van der Waals surface area (Å²) < 4.78 is 1.32. The third kappa shape index (κ3) is 4.45. The van der Waals surface area contributed by atoms with E-state index in [1.54, 1.807) is 0 Å². The van der Waals surface area contributed by atoms with Gasteiger partial charge in [-0.15, -0.1) is 0 Å². The van der Waals surface area contributed by atoms with E-state index in [-0.39, 0.29) is 0 Å². The Balaban J connectivity index is 1.99. The highest BCUT2D eigenvalue weighted by atomic mass is 127. The van der Waals surface area contributed by atoms with Gasteiger partial charge in [-0.2, -0.15) is 0 Å². The monoisotopic (exact) mass is 371 g/mol.